The second-order valence-corrected chi connectivity index (χ2v) is 2.35. The number of nitrogens with zero attached hydrogens (tertiary/aromatic N) is 4. The minimum absolute atomic E-state index is 0.00608. The summed E-state index contributed by atoms with van der Waals surface area (Å²) in [6, 6.07) is 0. The van der Waals surface area contributed by atoms with Gasteiger partial charge < -0.3 is 20.8 Å². The van der Waals surface area contributed by atoms with Crippen LogP contribution in [0.25, 0.3) is 0 Å². The van der Waals surface area contributed by atoms with Crippen molar-refractivity contribution in [2.24, 2.45) is 0 Å². The fourth-order valence-corrected chi connectivity index (χ4v) is 0.706. The lowest BCUT2D eigenvalue weighted by Gasteiger charge is -2.02. The van der Waals surface area contributed by atoms with Crippen LogP contribution in [0.15, 0.2) is 0 Å². The lowest BCUT2D eigenvalue weighted by molar-refractivity contribution is 0.310. The molecule has 0 fully saturated rings. The van der Waals surface area contributed by atoms with Crippen LogP contribution in [0.3, 0.4) is 0 Å². The molecule has 78 valence electrons. The van der Waals surface area contributed by atoms with Crippen molar-refractivity contribution in [3.63, 3.8) is 0 Å². The lowest BCUT2D eigenvalue weighted by Crippen LogP contribution is -2.14. The van der Waals surface area contributed by atoms with Crippen LogP contribution in [0.4, 0.5) is 11.9 Å². The smallest absolute Gasteiger partial charge is 0.262 e. The van der Waals surface area contributed by atoms with Gasteiger partial charge in [0.2, 0.25) is 0 Å². The van der Waals surface area contributed by atoms with Crippen LogP contribution in [0.1, 0.15) is 0 Å². The molecule has 0 aliphatic rings. The molecule has 0 aliphatic carbocycles. The molecule has 0 unspecified atom stereocenters. The Kier molecular flexibility index (Phi) is 4.51. The number of nitrogens with one attached hydrogen (secondary N) is 2. The van der Waals surface area contributed by atoms with Gasteiger partial charge in [0.25, 0.3) is 11.9 Å². The molecule has 0 atom stereocenters. The molecule has 1 heterocycles. The summed E-state index contributed by atoms with van der Waals surface area (Å²) < 4.78 is 0. The highest BCUT2D eigenvalue weighted by Gasteiger charge is 1.98. The number of aliphatic hydroxyl groups excluding tert-OH is 2. The highest BCUT2D eigenvalue weighted by Crippen LogP contribution is 1.94. The first-order valence-corrected chi connectivity index (χ1v) is 4.13. The summed E-state index contributed by atoms with van der Waals surface area (Å²) in [5.74, 6) is 0.516. The zero-order valence-corrected chi connectivity index (χ0v) is 7.51. The molecule has 0 spiro atoms. The van der Waals surface area contributed by atoms with E-state index in [0.717, 1.165) is 0 Å². The molecular weight excluding hydrogens is 188 g/mol. The third-order valence-corrected chi connectivity index (χ3v) is 1.27. The van der Waals surface area contributed by atoms with E-state index in [-0.39, 0.29) is 25.1 Å². The number of rotatable bonds is 6. The summed E-state index contributed by atoms with van der Waals surface area (Å²) in [7, 11) is 0. The van der Waals surface area contributed by atoms with Gasteiger partial charge in [-0.1, -0.05) is 0 Å². The fraction of sp³-hybridized carbons (Fsp3) is 0.667. The average Bonchev–Trinajstić information content (AvgIpc) is 2.25. The molecular formula is C6H12N6O2. The normalized spacial score (nSPS) is 9.86. The summed E-state index contributed by atoms with van der Waals surface area (Å²) in [5, 5.41) is 37.1. The van der Waals surface area contributed by atoms with E-state index in [0.29, 0.717) is 13.1 Å². The SMILES string of the molecule is OCCNc1nnc(NCCO)nn1. The van der Waals surface area contributed by atoms with E-state index in [1.165, 1.54) is 0 Å². The van der Waals surface area contributed by atoms with E-state index in [9.17, 15) is 0 Å². The molecule has 14 heavy (non-hydrogen) atoms. The molecule has 0 bridgehead atoms. The average molecular weight is 200 g/mol. The predicted molar refractivity (Wildman–Crippen MR) is 48.8 cm³/mol. The molecule has 0 aliphatic heterocycles. The second-order valence-electron chi connectivity index (χ2n) is 2.35. The van der Waals surface area contributed by atoms with E-state index in [2.05, 4.69) is 31.0 Å². The Morgan fingerprint density at radius 1 is 0.786 bits per heavy atom. The maximum Gasteiger partial charge on any atom is 0.262 e. The van der Waals surface area contributed by atoms with Gasteiger partial charge >= 0.3 is 0 Å². The van der Waals surface area contributed by atoms with Gasteiger partial charge in [-0.2, -0.15) is 0 Å². The van der Waals surface area contributed by atoms with E-state index in [4.69, 9.17) is 10.2 Å². The molecule has 0 saturated heterocycles. The van der Waals surface area contributed by atoms with Crippen molar-refractivity contribution in [3.05, 3.63) is 0 Å². The Hall–Kier alpha value is -1.54. The van der Waals surface area contributed by atoms with Gasteiger partial charge in [0.05, 0.1) is 13.2 Å². The van der Waals surface area contributed by atoms with Crippen LogP contribution in [0, 0.1) is 0 Å². The minimum Gasteiger partial charge on any atom is -0.395 e. The van der Waals surface area contributed by atoms with Gasteiger partial charge in [-0.3, -0.25) is 0 Å². The Morgan fingerprint density at radius 3 is 1.43 bits per heavy atom. The largest absolute Gasteiger partial charge is 0.395 e. The summed E-state index contributed by atoms with van der Waals surface area (Å²) >= 11 is 0. The van der Waals surface area contributed by atoms with Crippen LogP contribution in [-0.4, -0.2) is 56.9 Å². The van der Waals surface area contributed by atoms with E-state index in [1.807, 2.05) is 0 Å². The summed E-state index contributed by atoms with van der Waals surface area (Å²) in [6.07, 6.45) is 0. The number of aromatic nitrogens is 4. The molecule has 1 aromatic rings. The quantitative estimate of drug-likeness (QED) is 0.419. The Bertz CT molecular complexity index is 226. The van der Waals surface area contributed by atoms with E-state index < -0.39 is 0 Å². The highest BCUT2D eigenvalue weighted by atomic mass is 16.3. The number of hydrogen-bond donors (Lipinski definition) is 4. The van der Waals surface area contributed by atoms with Crippen molar-refractivity contribution < 1.29 is 10.2 Å². The first-order chi connectivity index (χ1) is 6.86. The maximum atomic E-state index is 8.50. The van der Waals surface area contributed by atoms with Crippen LogP contribution in [0.2, 0.25) is 0 Å². The van der Waals surface area contributed by atoms with Gasteiger partial charge in [0, 0.05) is 13.1 Å². The maximum absolute atomic E-state index is 8.50. The van der Waals surface area contributed by atoms with Gasteiger partial charge in [-0.05, 0) is 0 Å². The third kappa shape index (κ3) is 3.46. The van der Waals surface area contributed by atoms with Crippen molar-refractivity contribution in [3.8, 4) is 0 Å². The molecule has 0 radical (unpaired) electrons. The van der Waals surface area contributed by atoms with Gasteiger partial charge in [0.1, 0.15) is 0 Å². The van der Waals surface area contributed by atoms with Crippen LogP contribution < -0.4 is 10.6 Å². The topological polar surface area (TPSA) is 116 Å². The van der Waals surface area contributed by atoms with Crippen LogP contribution >= 0.6 is 0 Å². The number of aliphatic hydroxyl groups is 2. The van der Waals surface area contributed by atoms with Gasteiger partial charge in [-0.25, -0.2) is 0 Å². The number of anilines is 2. The minimum atomic E-state index is -0.00608. The first-order valence-electron chi connectivity index (χ1n) is 4.13. The van der Waals surface area contributed by atoms with Crippen molar-refractivity contribution in [1.29, 1.82) is 0 Å². The first kappa shape index (κ1) is 10.5. The van der Waals surface area contributed by atoms with Gasteiger partial charge in [0.15, 0.2) is 0 Å². The molecule has 4 N–H and O–H groups in total. The second kappa shape index (κ2) is 6.00. The molecule has 8 nitrogen and oxygen atoms in total. The standard InChI is InChI=1S/C6H12N6O2/c13-3-1-7-5-9-11-6(12-10-5)8-2-4-14/h13-14H,1-4H2,(H,7,9,10)(H,8,11,12). The zero-order valence-electron chi connectivity index (χ0n) is 7.51. The zero-order chi connectivity index (χ0) is 10.2. The summed E-state index contributed by atoms with van der Waals surface area (Å²) in [4.78, 5) is 0. The van der Waals surface area contributed by atoms with E-state index >= 15 is 0 Å². The predicted octanol–water partition coefficient (Wildman–Crippen LogP) is -1.93. The molecule has 8 heteroatoms. The van der Waals surface area contributed by atoms with Crippen molar-refractivity contribution in [2.45, 2.75) is 0 Å². The van der Waals surface area contributed by atoms with Crippen molar-refractivity contribution >= 4 is 11.9 Å². The Balaban J connectivity index is 2.42. The fourth-order valence-electron chi connectivity index (χ4n) is 0.706. The number of hydrogen-bond acceptors (Lipinski definition) is 8. The van der Waals surface area contributed by atoms with Crippen molar-refractivity contribution in [2.75, 3.05) is 36.9 Å². The summed E-state index contributed by atoms with van der Waals surface area (Å²) in [6.45, 7) is 0.696. The molecule has 1 rings (SSSR count). The van der Waals surface area contributed by atoms with Crippen LogP contribution in [-0.2, 0) is 0 Å². The molecule has 0 aromatic carbocycles. The molecule has 0 saturated carbocycles. The van der Waals surface area contributed by atoms with Crippen molar-refractivity contribution in [1.82, 2.24) is 20.4 Å². The highest BCUT2D eigenvalue weighted by molar-refractivity contribution is 5.24. The Labute approximate surface area is 80.4 Å². The van der Waals surface area contributed by atoms with E-state index in [1.54, 1.807) is 0 Å². The van der Waals surface area contributed by atoms with Crippen LogP contribution in [0.5, 0.6) is 0 Å². The molecule has 1 aromatic heterocycles. The lowest BCUT2D eigenvalue weighted by atomic mass is 10.7. The molecule has 0 amide bonds. The Morgan fingerprint density at radius 2 is 1.14 bits per heavy atom. The summed E-state index contributed by atoms with van der Waals surface area (Å²) in [5.41, 5.74) is 0. The third-order valence-electron chi connectivity index (χ3n) is 1.27. The monoisotopic (exact) mass is 200 g/mol. The van der Waals surface area contributed by atoms with Gasteiger partial charge in [-0.15, -0.1) is 20.4 Å².